The molecule has 0 atom stereocenters. The molecule has 4 rings (SSSR count). The van der Waals surface area contributed by atoms with Crippen molar-refractivity contribution in [2.75, 3.05) is 5.32 Å². The maximum atomic E-state index is 13.3. The van der Waals surface area contributed by atoms with Crippen LogP contribution < -0.4 is 5.32 Å². The summed E-state index contributed by atoms with van der Waals surface area (Å²) in [4.78, 5) is 12.4. The second-order valence-electron chi connectivity index (χ2n) is 7.87. The third-order valence-electron chi connectivity index (χ3n) is 5.93. The molecular formula is C20H21F4N3O. The Balaban J connectivity index is 1.63. The Morgan fingerprint density at radius 2 is 1.89 bits per heavy atom. The molecule has 1 N–H and O–H groups in total. The number of carbonyl (C=O) groups excluding carboxylic acids is 1. The van der Waals surface area contributed by atoms with E-state index in [1.807, 2.05) is 0 Å². The van der Waals surface area contributed by atoms with Gasteiger partial charge in [-0.1, -0.05) is 6.42 Å². The van der Waals surface area contributed by atoms with Crippen LogP contribution in [0.5, 0.6) is 0 Å². The molecule has 0 bridgehead atoms. The maximum Gasteiger partial charge on any atom is 0.395 e. The van der Waals surface area contributed by atoms with Crippen LogP contribution in [0, 0.1) is 11.2 Å². The van der Waals surface area contributed by atoms with Gasteiger partial charge in [-0.25, -0.2) is 4.39 Å². The van der Waals surface area contributed by atoms with Gasteiger partial charge in [0.15, 0.2) is 0 Å². The molecule has 1 amide bonds. The second-order valence-corrected chi connectivity index (χ2v) is 7.87. The lowest BCUT2D eigenvalue weighted by Crippen LogP contribution is -2.30. The number of rotatable bonds is 5. The van der Waals surface area contributed by atoms with Gasteiger partial charge in [-0.05, 0) is 55.9 Å². The van der Waals surface area contributed by atoms with Crippen LogP contribution in [0.3, 0.4) is 0 Å². The Morgan fingerprint density at radius 3 is 2.39 bits per heavy atom. The molecule has 8 heteroatoms. The number of nitrogens with zero attached hydrogens (tertiary/aromatic N) is 2. The summed E-state index contributed by atoms with van der Waals surface area (Å²) >= 11 is 0. The monoisotopic (exact) mass is 395 g/mol. The van der Waals surface area contributed by atoms with Crippen LogP contribution in [0.4, 0.5) is 23.4 Å². The van der Waals surface area contributed by atoms with Crippen molar-refractivity contribution in [3.05, 3.63) is 35.6 Å². The normalized spacial score (nSPS) is 18.6. The zero-order chi connectivity index (χ0) is 20.1. The summed E-state index contributed by atoms with van der Waals surface area (Å²) in [6.45, 7) is 0. The van der Waals surface area contributed by atoms with Crippen LogP contribution >= 0.6 is 0 Å². The number of alkyl halides is 3. The molecular weight excluding hydrogens is 374 g/mol. The maximum absolute atomic E-state index is 13.3. The van der Waals surface area contributed by atoms with Crippen LogP contribution in [-0.2, 0) is 11.8 Å². The summed E-state index contributed by atoms with van der Waals surface area (Å²) in [5.74, 6) is -0.391. The highest BCUT2D eigenvalue weighted by molar-refractivity contribution is 5.92. The number of amides is 1. The minimum atomic E-state index is -4.37. The van der Waals surface area contributed by atoms with E-state index < -0.39 is 23.9 Å². The molecule has 2 aliphatic rings. The van der Waals surface area contributed by atoms with E-state index in [4.69, 9.17) is 0 Å². The van der Waals surface area contributed by atoms with Crippen LogP contribution in [0.1, 0.15) is 50.0 Å². The minimum absolute atomic E-state index is 0.00831. The van der Waals surface area contributed by atoms with Crippen molar-refractivity contribution in [3.8, 4) is 11.3 Å². The third-order valence-corrected chi connectivity index (χ3v) is 5.93. The largest absolute Gasteiger partial charge is 0.395 e. The average molecular weight is 395 g/mol. The molecule has 0 aliphatic heterocycles. The lowest BCUT2D eigenvalue weighted by molar-refractivity contribution is -0.189. The highest BCUT2D eigenvalue weighted by Gasteiger charge is 2.63. The van der Waals surface area contributed by atoms with Gasteiger partial charge in [-0.15, -0.1) is 0 Å². The van der Waals surface area contributed by atoms with Crippen LogP contribution in [0.2, 0.25) is 0 Å². The summed E-state index contributed by atoms with van der Waals surface area (Å²) in [5, 5.41) is 7.17. The van der Waals surface area contributed by atoms with Crippen molar-refractivity contribution in [1.29, 1.82) is 0 Å². The van der Waals surface area contributed by atoms with Gasteiger partial charge in [0.2, 0.25) is 5.91 Å². The van der Waals surface area contributed by atoms with E-state index in [9.17, 15) is 22.4 Å². The smallest absolute Gasteiger partial charge is 0.311 e. The molecule has 2 aromatic rings. The summed E-state index contributed by atoms with van der Waals surface area (Å²) in [6.07, 6.45) is -2.06. The summed E-state index contributed by atoms with van der Waals surface area (Å²) in [7, 11) is 1.65. The molecule has 28 heavy (non-hydrogen) atoms. The Morgan fingerprint density at radius 1 is 1.25 bits per heavy atom. The van der Waals surface area contributed by atoms with E-state index in [2.05, 4.69) is 10.4 Å². The van der Waals surface area contributed by atoms with E-state index >= 15 is 0 Å². The van der Waals surface area contributed by atoms with Gasteiger partial charge in [0, 0.05) is 24.6 Å². The van der Waals surface area contributed by atoms with Crippen molar-refractivity contribution in [1.82, 2.24) is 9.78 Å². The first-order valence-electron chi connectivity index (χ1n) is 9.40. The zero-order valence-corrected chi connectivity index (χ0v) is 15.4. The summed E-state index contributed by atoms with van der Waals surface area (Å²) in [5.41, 5.74) is 0.296. The van der Waals surface area contributed by atoms with Crippen molar-refractivity contribution in [3.63, 3.8) is 0 Å². The number of nitrogens with one attached hydrogen (secondary N) is 1. The molecule has 1 aromatic carbocycles. The van der Waals surface area contributed by atoms with E-state index in [1.165, 1.54) is 16.8 Å². The molecule has 2 saturated carbocycles. The van der Waals surface area contributed by atoms with Gasteiger partial charge in [0.1, 0.15) is 11.6 Å². The van der Waals surface area contributed by atoms with Gasteiger partial charge in [0.25, 0.3) is 0 Å². The highest BCUT2D eigenvalue weighted by atomic mass is 19.4. The summed E-state index contributed by atoms with van der Waals surface area (Å²) < 4.78 is 54.3. The molecule has 0 spiro atoms. The van der Waals surface area contributed by atoms with E-state index in [0.717, 1.165) is 24.8 Å². The number of aryl methyl sites for hydroxylation is 1. The first-order valence-corrected chi connectivity index (χ1v) is 9.40. The number of aromatic nitrogens is 2. The van der Waals surface area contributed by atoms with Gasteiger partial charge in [-0.2, -0.15) is 18.3 Å². The van der Waals surface area contributed by atoms with Crippen LogP contribution in [-0.4, -0.2) is 21.9 Å². The fourth-order valence-electron chi connectivity index (χ4n) is 3.79. The third kappa shape index (κ3) is 3.29. The van der Waals surface area contributed by atoms with E-state index in [1.54, 1.807) is 19.2 Å². The van der Waals surface area contributed by atoms with E-state index in [0.29, 0.717) is 17.1 Å². The van der Waals surface area contributed by atoms with Crippen molar-refractivity contribution in [2.24, 2.45) is 12.5 Å². The van der Waals surface area contributed by atoms with Crippen molar-refractivity contribution < 1.29 is 22.4 Å². The number of hydrogen-bond acceptors (Lipinski definition) is 2. The Labute approximate surface area is 159 Å². The zero-order valence-electron chi connectivity index (χ0n) is 15.4. The topological polar surface area (TPSA) is 46.9 Å². The fraction of sp³-hybridized carbons (Fsp3) is 0.500. The van der Waals surface area contributed by atoms with E-state index in [-0.39, 0.29) is 24.6 Å². The molecule has 2 fully saturated rings. The first-order chi connectivity index (χ1) is 13.2. The van der Waals surface area contributed by atoms with Gasteiger partial charge < -0.3 is 5.32 Å². The number of carbonyl (C=O) groups is 1. The van der Waals surface area contributed by atoms with Crippen LogP contribution in [0.15, 0.2) is 24.3 Å². The SMILES string of the molecule is Cn1nc(-c2ccc(F)cc2)c(C2CCC2)c1NC(=O)CC1(C(F)(F)F)CC1. The van der Waals surface area contributed by atoms with Crippen LogP contribution in [0.25, 0.3) is 11.3 Å². The Bertz CT molecular complexity index is 893. The lowest BCUT2D eigenvalue weighted by atomic mass is 9.79. The fourth-order valence-corrected chi connectivity index (χ4v) is 3.79. The quantitative estimate of drug-likeness (QED) is 0.711. The lowest BCUT2D eigenvalue weighted by Gasteiger charge is -2.27. The molecule has 1 heterocycles. The molecule has 0 radical (unpaired) electrons. The standard InChI is InChI=1S/C20H21F4N3O/c1-27-18(25-15(28)11-19(9-10-19)20(22,23)24)16(12-3-2-4-12)17(26-27)13-5-7-14(21)8-6-13/h5-8,12H,2-4,9-11H2,1H3,(H,25,28). The Kier molecular flexibility index (Phi) is 4.47. The molecule has 2 aliphatic carbocycles. The molecule has 1 aromatic heterocycles. The molecule has 4 nitrogen and oxygen atoms in total. The number of halogens is 4. The van der Waals surface area contributed by atoms with Crippen molar-refractivity contribution in [2.45, 2.75) is 50.6 Å². The minimum Gasteiger partial charge on any atom is -0.311 e. The van der Waals surface area contributed by atoms with Gasteiger partial charge in [-0.3, -0.25) is 9.48 Å². The Hall–Kier alpha value is -2.38. The predicted octanol–water partition coefficient (Wildman–Crippen LogP) is 5.16. The number of anilines is 1. The summed E-state index contributed by atoms with van der Waals surface area (Å²) in [6, 6.07) is 5.92. The average Bonchev–Trinajstić information content (AvgIpc) is 3.29. The first kappa shape index (κ1) is 19.0. The molecule has 150 valence electrons. The number of benzene rings is 1. The predicted molar refractivity (Wildman–Crippen MR) is 96.2 cm³/mol. The molecule has 0 unspecified atom stereocenters. The highest BCUT2D eigenvalue weighted by Crippen LogP contribution is 2.60. The second kappa shape index (κ2) is 6.60. The van der Waals surface area contributed by atoms with Gasteiger partial charge in [0.05, 0.1) is 11.1 Å². The van der Waals surface area contributed by atoms with Crippen molar-refractivity contribution >= 4 is 11.7 Å². The molecule has 0 saturated heterocycles. The number of hydrogen-bond donors (Lipinski definition) is 1. The van der Waals surface area contributed by atoms with Gasteiger partial charge >= 0.3 is 6.18 Å².